The topological polar surface area (TPSA) is 99.7 Å². The fourth-order valence-corrected chi connectivity index (χ4v) is 3.27. The summed E-state index contributed by atoms with van der Waals surface area (Å²) in [6, 6.07) is 7.96. The van der Waals surface area contributed by atoms with E-state index in [-0.39, 0.29) is 23.6 Å². The summed E-state index contributed by atoms with van der Waals surface area (Å²) >= 11 is 0. The van der Waals surface area contributed by atoms with Gasteiger partial charge in [-0.15, -0.1) is 5.10 Å². The molecule has 9 heteroatoms. The Morgan fingerprint density at radius 2 is 2.04 bits per heavy atom. The molecule has 2 aromatic heterocycles. The van der Waals surface area contributed by atoms with Crippen molar-refractivity contribution in [2.45, 2.75) is 19.3 Å². The molecule has 1 fully saturated rings. The van der Waals surface area contributed by atoms with Gasteiger partial charge in [-0.2, -0.15) is 4.98 Å². The number of halogens is 1. The van der Waals surface area contributed by atoms with Gasteiger partial charge in [-0.1, -0.05) is 12.1 Å². The summed E-state index contributed by atoms with van der Waals surface area (Å²) in [5, 5.41) is 9.65. The quantitative estimate of drug-likeness (QED) is 0.703. The van der Waals surface area contributed by atoms with Gasteiger partial charge in [0, 0.05) is 31.9 Å². The van der Waals surface area contributed by atoms with Crippen LogP contribution in [0.5, 0.6) is 0 Å². The maximum atomic E-state index is 13.0. The summed E-state index contributed by atoms with van der Waals surface area (Å²) < 4.78 is 13.0. The number of aromatic nitrogens is 5. The highest BCUT2D eigenvalue weighted by Crippen LogP contribution is 2.21. The number of nitrogens with zero attached hydrogens (tertiary/aromatic N) is 5. The maximum Gasteiger partial charge on any atom is 0.248 e. The monoisotopic (exact) mass is 381 g/mol. The molecule has 0 saturated carbocycles. The van der Waals surface area contributed by atoms with E-state index in [2.05, 4.69) is 30.5 Å². The zero-order chi connectivity index (χ0) is 19.3. The molecule has 0 radical (unpaired) electrons. The summed E-state index contributed by atoms with van der Waals surface area (Å²) in [5.74, 6) is 0.904. The van der Waals surface area contributed by atoms with Gasteiger partial charge >= 0.3 is 0 Å². The third-order valence-electron chi connectivity index (χ3n) is 4.68. The Kier molecular flexibility index (Phi) is 5.22. The number of nitrogens with one attached hydrogen (secondary N) is 2. The van der Waals surface area contributed by atoms with Crippen molar-refractivity contribution in [3.05, 3.63) is 59.9 Å². The van der Waals surface area contributed by atoms with Crippen molar-refractivity contribution in [2.24, 2.45) is 5.92 Å². The van der Waals surface area contributed by atoms with Gasteiger partial charge in [0.15, 0.2) is 0 Å². The van der Waals surface area contributed by atoms with Crippen molar-refractivity contribution < 1.29 is 9.18 Å². The predicted molar refractivity (Wildman–Crippen MR) is 101 cm³/mol. The van der Waals surface area contributed by atoms with Crippen molar-refractivity contribution in [1.29, 1.82) is 0 Å². The van der Waals surface area contributed by atoms with E-state index in [1.165, 1.54) is 12.1 Å². The predicted octanol–water partition coefficient (Wildman–Crippen LogP) is 2.18. The Balaban J connectivity index is 1.36. The zero-order valence-corrected chi connectivity index (χ0v) is 15.2. The van der Waals surface area contributed by atoms with Crippen LogP contribution in [-0.2, 0) is 11.2 Å². The molecule has 1 amide bonds. The number of carbonyl (C=O) groups excluding carboxylic acids is 1. The van der Waals surface area contributed by atoms with E-state index in [9.17, 15) is 9.18 Å². The number of hydrogen-bond acceptors (Lipinski definition) is 6. The van der Waals surface area contributed by atoms with Crippen LogP contribution in [0.25, 0.3) is 0 Å². The second-order valence-electron chi connectivity index (χ2n) is 6.73. The second kappa shape index (κ2) is 8.12. The van der Waals surface area contributed by atoms with Crippen LogP contribution in [0.3, 0.4) is 0 Å². The van der Waals surface area contributed by atoms with E-state index in [1.54, 1.807) is 30.6 Å². The Morgan fingerprint density at radius 1 is 1.25 bits per heavy atom. The standard InChI is InChI=1S/C19H20FN7O/c20-15-6-4-13(5-7-15)11-16-23-18(26-25-16)24-17(28)14-3-1-10-27(12-14)19-21-8-2-9-22-19/h2,4-9,14H,1,3,10-12H2,(H2,23,24,25,26,28)/t14-/m0/s1. The van der Waals surface area contributed by atoms with E-state index in [0.29, 0.717) is 24.7 Å². The van der Waals surface area contributed by atoms with Crippen molar-refractivity contribution in [2.75, 3.05) is 23.3 Å². The van der Waals surface area contributed by atoms with Gasteiger partial charge in [0.1, 0.15) is 11.6 Å². The van der Waals surface area contributed by atoms with Crippen LogP contribution in [0.15, 0.2) is 42.7 Å². The van der Waals surface area contributed by atoms with Gasteiger partial charge in [0.25, 0.3) is 0 Å². The minimum Gasteiger partial charge on any atom is -0.340 e. The fraction of sp³-hybridized carbons (Fsp3) is 0.316. The Hall–Kier alpha value is -3.36. The number of benzene rings is 1. The number of H-pyrrole nitrogens is 1. The summed E-state index contributed by atoms with van der Waals surface area (Å²) in [4.78, 5) is 27.5. The molecular formula is C19H20FN7O. The van der Waals surface area contributed by atoms with E-state index in [1.807, 2.05) is 4.90 Å². The van der Waals surface area contributed by atoms with Gasteiger partial charge in [-0.3, -0.25) is 15.2 Å². The van der Waals surface area contributed by atoms with E-state index < -0.39 is 0 Å². The minimum absolute atomic E-state index is 0.118. The molecule has 2 N–H and O–H groups in total. The second-order valence-corrected chi connectivity index (χ2v) is 6.73. The number of piperidine rings is 1. The molecule has 144 valence electrons. The number of anilines is 2. The number of carbonyl (C=O) groups is 1. The number of rotatable bonds is 5. The van der Waals surface area contributed by atoms with Crippen LogP contribution in [0.4, 0.5) is 16.3 Å². The lowest BCUT2D eigenvalue weighted by Crippen LogP contribution is -2.41. The van der Waals surface area contributed by atoms with E-state index in [0.717, 1.165) is 24.9 Å². The van der Waals surface area contributed by atoms with Crippen LogP contribution < -0.4 is 10.2 Å². The highest BCUT2D eigenvalue weighted by atomic mass is 19.1. The largest absolute Gasteiger partial charge is 0.340 e. The maximum absolute atomic E-state index is 13.0. The normalized spacial score (nSPS) is 16.8. The van der Waals surface area contributed by atoms with Crippen LogP contribution in [0.1, 0.15) is 24.2 Å². The van der Waals surface area contributed by atoms with Crippen molar-refractivity contribution >= 4 is 17.8 Å². The highest BCUT2D eigenvalue weighted by Gasteiger charge is 2.27. The van der Waals surface area contributed by atoms with Crippen LogP contribution in [-0.4, -0.2) is 44.1 Å². The van der Waals surface area contributed by atoms with Crippen molar-refractivity contribution in [1.82, 2.24) is 25.1 Å². The van der Waals surface area contributed by atoms with Gasteiger partial charge < -0.3 is 4.90 Å². The Bertz CT molecular complexity index is 929. The van der Waals surface area contributed by atoms with Crippen molar-refractivity contribution in [3.8, 4) is 0 Å². The summed E-state index contributed by atoms with van der Waals surface area (Å²) in [6.45, 7) is 1.39. The molecule has 3 heterocycles. The molecule has 1 aliphatic heterocycles. The summed E-state index contributed by atoms with van der Waals surface area (Å²) in [6.07, 6.45) is 5.55. The third-order valence-corrected chi connectivity index (χ3v) is 4.68. The summed E-state index contributed by atoms with van der Waals surface area (Å²) in [7, 11) is 0. The molecule has 0 unspecified atom stereocenters. The number of aromatic amines is 1. The lowest BCUT2D eigenvalue weighted by atomic mass is 9.97. The highest BCUT2D eigenvalue weighted by molar-refractivity contribution is 5.91. The van der Waals surface area contributed by atoms with Gasteiger partial charge in [-0.25, -0.2) is 14.4 Å². The molecule has 1 aromatic carbocycles. The van der Waals surface area contributed by atoms with Crippen LogP contribution >= 0.6 is 0 Å². The third kappa shape index (κ3) is 4.30. The lowest BCUT2D eigenvalue weighted by molar-refractivity contribution is -0.120. The van der Waals surface area contributed by atoms with E-state index in [4.69, 9.17) is 0 Å². The first-order valence-corrected chi connectivity index (χ1v) is 9.16. The Morgan fingerprint density at radius 3 is 2.82 bits per heavy atom. The van der Waals surface area contributed by atoms with Gasteiger partial charge in [0.2, 0.25) is 17.8 Å². The molecule has 1 saturated heterocycles. The molecule has 8 nitrogen and oxygen atoms in total. The number of hydrogen-bond donors (Lipinski definition) is 2. The molecule has 3 aromatic rings. The fourth-order valence-electron chi connectivity index (χ4n) is 3.27. The molecule has 1 aliphatic rings. The van der Waals surface area contributed by atoms with Gasteiger partial charge in [0.05, 0.1) is 5.92 Å². The zero-order valence-electron chi connectivity index (χ0n) is 15.2. The van der Waals surface area contributed by atoms with Crippen LogP contribution in [0.2, 0.25) is 0 Å². The van der Waals surface area contributed by atoms with Crippen LogP contribution in [0, 0.1) is 11.7 Å². The average molecular weight is 381 g/mol. The number of amides is 1. The molecule has 0 bridgehead atoms. The molecule has 28 heavy (non-hydrogen) atoms. The first kappa shape index (κ1) is 18.0. The average Bonchev–Trinajstić information content (AvgIpc) is 3.17. The first-order chi connectivity index (χ1) is 13.7. The smallest absolute Gasteiger partial charge is 0.248 e. The molecule has 1 atom stereocenters. The Labute approximate surface area is 161 Å². The SMILES string of the molecule is O=C(Nc1n[nH]c(Cc2ccc(F)cc2)n1)[C@H]1CCCN(c2ncccn2)C1. The van der Waals surface area contributed by atoms with Crippen molar-refractivity contribution in [3.63, 3.8) is 0 Å². The molecule has 4 rings (SSSR count). The summed E-state index contributed by atoms with van der Waals surface area (Å²) in [5.41, 5.74) is 0.904. The van der Waals surface area contributed by atoms with E-state index >= 15 is 0 Å². The lowest BCUT2D eigenvalue weighted by Gasteiger charge is -2.31. The minimum atomic E-state index is -0.281. The first-order valence-electron chi connectivity index (χ1n) is 9.16. The molecular weight excluding hydrogens is 361 g/mol. The van der Waals surface area contributed by atoms with Gasteiger partial charge in [-0.05, 0) is 36.6 Å². The molecule has 0 spiro atoms. The molecule has 0 aliphatic carbocycles.